The van der Waals surface area contributed by atoms with Crippen molar-refractivity contribution in [3.8, 4) is 11.5 Å². The summed E-state index contributed by atoms with van der Waals surface area (Å²) in [7, 11) is 1.37. The second kappa shape index (κ2) is 14.6. The number of amides is 3. The Bertz CT molecular complexity index is 963. The number of phenolic OH excluding ortho intramolecular Hbond substituents is 1. The first-order valence-corrected chi connectivity index (χ1v) is 11.0. The van der Waals surface area contributed by atoms with Gasteiger partial charge in [-0.2, -0.15) is 0 Å². The molecule has 1 aromatic heterocycles. The average Bonchev–Trinajstić information content (AvgIpc) is 3.19. The minimum atomic E-state index is -0.635. The zero-order valence-corrected chi connectivity index (χ0v) is 22.0. The average molecular weight is 536 g/mol. The molecule has 0 fully saturated rings. The van der Waals surface area contributed by atoms with Crippen LogP contribution in [0.15, 0.2) is 17.5 Å². The summed E-state index contributed by atoms with van der Waals surface area (Å²) in [5, 5.41) is 19.7. The minimum Gasteiger partial charge on any atom is -0.507 e. The van der Waals surface area contributed by atoms with Crippen molar-refractivity contribution in [3.05, 3.63) is 28.8 Å². The molecule has 0 atom stereocenters. The smallest absolute Gasteiger partial charge is 0.270 e. The SMILES string of the molecule is COc1cc(C(=O)Nc2nc(C(=O)NCCN(C(C)C)C(C)C)cs2)c(O)cc1NC=O.Cl.Cl. The van der Waals surface area contributed by atoms with Crippen LogP contribution in [0.2, 0.25) is 0 Å². The zero-order valence-electron chi connectivity index (χ0n) is 19.6. The second-order valence-corrected chi connectivity index (χ2v) is 8.36. The molecule has 1 aromatic carbocycles. The molecule has 13 heteroatoms. The molecule has 2 aromatic rings. The van der Waals surface area contributed by atoms with Crippen molar-refractivity contribution < 1.29 is 24.2 Å². The maximum Gasteiger partial charge on any atom is 0.270 e. The first-order chi connectivity index (χ1) is 15.2. The highest BCUT2D eigenvalue weighted by molar-refractivity contribution is 7.14. The van der Waals surface area contributed by atoms with Gasteiger partial charge in [-0.25, -0.2) is 4.98 Å². The zero-order chi connectivity index (χ0) is 23.8. The van der Waals surface area contributed by atoms with Gasteiger partial charge in [0.15, 0.2) is 5.13 Å². The number of thiazole rings is 1. The largest absolute Gasteiger partial charge is 0.507 e. The molecule has 34 heavy (non-hydrogen) atoms. The fourth-order valence-corrected chi connectivity index (χ4v) is 3.88. The van der Waals surface area contributed by atoms with E-state index in [1.165, 1.54) is 19.2 Å². The molecule has 0 aliphatic heterocycles. The van der Waals surface area contributed by atoms with E-state index in [2.05, 4.69) is 53.5 Å². The molecule has 0 bridgehead atoms. The molecule has 0 saturated heterocycles. The molecular weight excluding hydrogens is 505 g/mol. The van der Waals surface area contributed by atoms with Crippen LogP contribution in [0.3, 0.4) is 0 Å². The highest BCUT2D eigenvalue weighted by Crippen LogP contribution is 2.32. The van der Waals surface area contributed by atoms with Gasteiger partial charge in [-0.15, -0.1) is 36.2 Å². The third-order valence-corrected chi connectivity index (χ3v) is 5.47. The Kier molecular flexibility index (Phi) is 13.5. The maximum absolute atomic E-state index is 12.6. The van der Waals surface area contributed by atoms with Crippen LogP contribution in [0.25, 0.3) is 0 Å². The standard InChI is InChI=1S/C21H29N5O5S.2ClH/c1-12(2)26(13(3)4)7-6-22-20(30)16-10-32-21(24-16)25-19(29)14-8-18(31-5)15(23-11-27)9-17(14)28;;/h8-13,28H,6-7H2,1-5H3,(H,22,30)(H,23,27)(H,24,25,29);2*1H. The number of hydrogen-bond donors (Lipinski definition) is 4. The summed E-state index contributed by atoms with van der Waals surface area (Å²) in [6, 6.07) is 3.24. The van der Waals surface area contributed by atoms with Crippen LogP contribution >= 0.6 is 36.2 Å². The third kappa shape index (κ3) is 8.32. The van der Waals surface area contributed by atoms with Crippen LogP contribution in [0.1, 0.15) is 48.5 Å². The predicted octanol–water partition coefficient (Wildman–Crippen LogP) is 3.37. The van der Waals surface area contributed by atoms with Crippen molar-refractivity contribution in [2.45, 2.75) is 39.8 Å². The van der Waals surface area contributed by atoms with Crippen LogP contribution in [0, 0.1) is 0 Å². The van der Waals surface area contributed by atoms with E-state index in [0.717, 1.165) is 11.3 Å². The van der Waals surface area contributed by atoms with Gasteiger partial charge in [-0.1, -0.05) is 0 Å². The molecule has 190 valence electrons. The summed E-state index contributed by atoms with van der Waals surface area (Å²) in [5.74, 6) is -1.11. The number of carbonyl (C=O) groups is 3. The second-order valence-electron chi connectivity index (χ2n) is 7.51. The van der Waals surface area contributed by atoms with E-state index in [1.54, 1.807) is 5.38 Å². The Labute approximate surface area is 215 Å². The number of ether oxygens (including phenoxy) is 1. The van der Waals surface area contributed by atoms with Gasteiger partial charge in [0.1, 0.15) is 17.2 Å². The van der Waals surface area contributed by atoms with Gasteiger partial charge in [0.25, 0.3) is 11.8 Å². The monoisotopic (exact) mass is 535 g/mol. The van der Waals surface area contributed by atoms with E-state index in [4.69, 9.17) is 4.74 Å². The highest BCUT2D eigenvalue weighted by atomic mass is 35.5. The van der Waals surface area contributed by atoms with Crippen LogP contribution in [0.5, 0.6) is 11.5 Å². The summed E-state index contributed by atoms with van der Waals surface area (Å²) in [4.78, 5) is 42.0. The number of carbonyl (C=O) groups excluding carboxylic acids is 3. The summed E-state index contributed by atoms with van der Waals surface area (Å²) in [5.41, 5.74) is 0.346. The van der Waals surface area contributed by atoms with Gasteiger partial charge in [0.2, 0.25) is 6.41 Å². The number of rotatable bonds is 11. The summed E-state index contributed by atoms with van der Waals surface area (Å²) >= 11 is 1.09. The van der Waals surface area contributed by atoms with Crippen LogP contribution in [0.4, 0.5) is 10.8 Å². The lowest BCUT2D eigenvalue weighted by atomic mass is 10.1. The number of halogens is 2. The number of aromatic nitrogens is 1. The normalized spacial score (nSPS) is 10.4. The molecule has 0 spiro atoms. The Hall–Kier alpha value is -2.60. The lowest BCUT2D eigenvalue weighted by molar-refractivity contribution is -0.105. The Morgan fingerprint density at radius 1 is 1.18 bits per heavy atom. The quantitative estimate of drug-likeness (QED) is 0.324. The van der Waals surface area contributed by atoms with Crippen molar-refractivity contribution >= 4 is 65.2 Å². The number of benzene rings is 1. The molecule has 0 aliphatic rings. The van der Waals surface area contributed by atoms with E-state index in [-0.39, 0.29) is 64.3 Å². The highest BCUT2D eigenvalue weighted by Gasteiger charge is 2.19. The van der Waals surface area contributed by atoms with Crippen molar-refractivity contribution in [3.63, 3.8) is 0 Å². The fraction of sp³-hybridized carbons (Fsp3) is 0.429. The van der Waals surface area contributed by atoms with Gasteiger partial charge >= 0.3 is 0 Å². The van der Waals surface area contributed by atoms with Crippen LogP contribution in [-0.4, -0.2) is 65.5 Å². The van der Waals surface area contributed by atoms with Crippen molar-refractivity contribution in [2.75, 3.05) is 30.8 Å². The molecule has 1 heterocycles. The van der Waals surface area contributed by atoms with Gasteiger partial charge in [-0.3, -0.25) is 24.6 Å². The van der Waals surface area contributed by atoms with Gasteiger partial charge < -0.3 is 20.5 Å². The number of nitrogens with one attached hydrogen (secondary N) is 3. The number of nitrogens with zero attached hydrogens (tertiary/aromatic N) is 2. The number of phenols is 1. The van der Waals surface area contributed by atoms with Gasteiger partial charge in [0, 0.05) is 36.6 Å². The third-order valence-electron chi connectivity index (χ3n) is 4.72. The number of anilines is 2. The Balaban J connectivity index is 0.00000544. The number of aromatic hydroxyl groups is 1. The predicted molar refractivity (Wildman–Crippen MR) is 138 cm³/mol. The minimum absolute atomic E-state index is 0. The first-order valence-electron chi connectivity index (χ1n) is 10.1. The Morgan fingerprint density at radius 2 is 1.82 bits per heavy atom. The molecule has 0 saturated carbocycles. The van der Waals surface area contributed by atoms with Crippen molar-refractivity contribution in [1.82, 2.24) is 15.2 Å². The van der Waals surface area contributed by atoms with E-state index in [0.29, 0.717) is 31.6 Å². The van der Waals surface area contributed by atoms with E-state index >= 15 is 0 Å². The molecule has 2 rings (SSSR count). The van der Waals surface area contributed by atoms with Crippen molar-refractivity contribution in [1.29, 1.82) is 0 Å². The summed E-state index contributed by atoms with van der Waals surface area (Å²) in [6.07, 6.45) is 0.433. The summed E-state index contributed by atoms with van der Waals surface area (Å²) < 4.78 is 5.13. The van der Waals surface area contributed by atoms with Crippen LogP contribution in [-0.2, 0) is 4.79 Å². The number of methoxy groups -OCH3 is 1. The van der Waals surface area contributed by atoms with Crippen molar-refractivity contribution in [2.24, 2.45) is 0 Å². The molecule has 10 nitrogen and oxygen atoms in total. The van der Waals surface area contributed by atoms with Gasteiger partial charge in [-0.05, 0) is 33.8 Å². The van der Waals surface area contributed by atoms with E-state index in [1.807, 2.05) is 0 Å². The lowest BCUT2D eigenvalue weighted by Gasteiger charge is -2.30. The first kappa shape index (κ1) is 31.4. The molecule has 0 unspecified atom stereocenters. The van der Waals surface area contributed by atoms with Gasteiger partial charge in [0.05, 0.1) is 18.4 Å². The van der Waals surface area contributed by atoms with E-state index < -0.39 is 5.91 Å². The molecular formula is C21H31Cl2N5O5S. The molecule has 0 aliphatic carbocycles. The van der Waals surface area contributed by atoms with Crippen LogP contribution < -0.4 is 20.7 Å². The molecule has 4 N–H and O–H groups in total. The fourth-order valence-electron chi connectivity index (χ4n) is 3.20. The Morgan fingerprint density at radius 3 is 2.38 bits per heavy atom. The topological polar surface area (TPSA) is 133 Å². The van der Waals surface area contributed by atoms with E-state index in [9.17, 15) is 19.5 Å². The number of hydrogen-bond acceptors (Lipinski definition) is 8. The summed E-state index contributed by atoms with van der Waals surface area (Å²) in [6.45, 7) is 9.62. The molecule has 3 amide bonds. The molecule has 0 radical (unpaired) electrons. The maximum atomic E-state index is 12.6. The lowest BCUT2D eigenvalue weighted by Crippen LogP contribution is -2.42.